The Hall–Kier alpha value is -3.15. The van der Waals surface area contributed by atoms with E-state index in [0.717, 1.165) is 16.7 Å². The van der Waals surface area contributed by atoms with Gasteiger partial charge < -0.3 is 15.4 Å². The highest BCUT2D eigenvalue weighted by atomic mass is 35.5. The van der Waals surface area contributed by atoms with E-state index in [1.54, 1.807) is 24.3 Å². The molecule has 32 heavy (non-hydrogen) atoms. The molecule has 0 aromatic heterocycles. The number of ether oxygens (including phenoxy) is 1. The lowest BCUT2D eigenvalue weighted by molar-refractivity contribution is -0.121. The van der Waals surface area contributed by atoms with Crippen LogP contribution in [0.5, 0.6) is 0 Å². The van der Waals surface area contributed by atoms with E-state index in [1.807, 2.05) is 54.6 Å². The van der Waals surface area contributed by atoms with E-state index in [9.17, 15) is 9.59 Å². The van der Waals surface area contributed by atoms with E-state index in [4.69, 9.17) is 16.3 Å². The van der Waals surface area contributed by atoms with Gasteiger partial charge in [-0.2, -0.15) is 0 Å². The number of amides is 2. The first kappa shape index (κ1) is 23.5. The van der Waals surface area contributed by atoms with Crippen LogP contribution in [0.2, 0.25) is 5.02 Å². The number of halogens is 1. The number of rotatable bonds is 11. The quantitative estimate of drug-likeness (QED) is 0.409. The number of carbonyl (C=O) groups is 2. The normalized spacial score (nSPS) is 10.5. The van der Waals surface area contributed by atoms with Crippen LogP contribution in [0.1, 0.15) is 39.9 Å². The van der Waals surface area contributed by atoms with Crippen LogP contribution in [-0.2, 0) is 29.3 Å². The first-order valence-corrected chi connectivity index (χ1v) is 11.0. The molecule has 2 N–H and O–H groups in total. The van der Waals surface area contributed by atoms with Crippen molar-refractivity contribution in [3.8, 4) is 0 Å². The third kappa shape index (κ3) is 8.17. The Morgan fingerprint density at radius 3 is 2.25 bits per heavy atom. The van der Waals surface area contributed by atoms with Gasteiger partial charge in [-0.05, 0) is 47.4 Å². The molecule has 0 heterocycles. The molecular weight excluding hydrogens is 424 g/mol. The first-order valence-electron chi connectivity index (χ1n) is 10.6. The van der Waals surface area contributed by atoms with Crippen LogP contribution in [-0.4, -0.2) is 18.4 Å². The van der Waals surface area contributed by atoms with E-state index in [0.29, 0.717) is 49.7 Å². The second-order valence-corrected chi connectivity index (χ2v) is 7.88. The van der Waals surface area contributed by atoms with Crippen LogP contribution in [0, 0.1) is 0 Å². The Morgan fingerprint density at radius 2 is 1.47 bits per heavy atom. The number of benzene rings is 3. The molecule has 3 rings (SSSR count). The summed E-state index contributed by atoms with van der Waals surface area (Å²) in [5, 5.41) is 6.32. The fraction of sp³-hybridized carbons (Fsp3) is 0.231. The van der Waals surface area contributed by atoms with Gasteiger partial charge in [-0.15, -0.1) is 0 Å². The first-order chi connectivity index (χ1) is 15.6. The summed E-state index contributed by atoms with van der Waals surface area (Å²) < 4.78 is 5.78. The molecule has 3 aromatic carbocycles. The summed E-state index contributed by atoms with van der Waals surface area (Å²) in [6.07, 6.45) is 0.916. The lowest BCUT2D eigenvalue weighted by Gasteiger charge is -2.09. The van der Waals surface area contributed by atoms with Crippen LogP contribution in [0.15, 0.2) is 78.9 Å². The lowest BCUT2D eigenvalue weighted by Crippen LogP contribution is -2.27. The lowest BCUT2D eigenvalue weighted by atomic mass is 10.1. The van der Waals surface area contributed by atoms with Crippen LogP contribution >= 0.6 is 11.6 Å². The van der Waals surface area contributed by atoms with Crippen molar-refractivity contribution in [3.63, 3.8) is 0 Å². The van der Waals surface area contributed by atoms with Gasteiger partial charge in [0.1, 0.15) is 0 Å². The second-order valence-electron chi connectivity index (χ2n) is 7.44. The predicted molar refractivity (Wildman–Crippen MR) is 126 cm³/mol. The minimum Gasteiger partial charge on any atom is -0.372 e. The largest absolute Gasteiger partial charge is 0.372 e. The SMILES string of the molecule is O=C(CCCNC(=O)c1ccc(Cl)cc1)NCc1cccc(COCc2ccccc2)c1. The van der Waals surface area contributed by atoms with E-state index >= 15 is 0 Å². The molecular formula is C26H27ClN2O3. The second kappa shape index (κ2) is 12.6. The Labute approximate surface area is 193 Å². The van der Waals surface area contributed by atoms with Gasteiger partial charge in [-0.1, -0.05) is 66.2 Å². The highest BCUT2D eigenvalue weighted by Crippen LogP contribution is 2.10. The van der Waals surface area contributed by atoms with Crippen LogP contribution in [0.25, 0.3) is 0 Å². The zero-order valence-corrected chi connectivity index (χ0v) is 18.6. The highest BCUT2D eigenvalue weighted by Gasteiger charge is 2.06. The topological polar surface area (TPSA) is 67.4 Å². The summed E-state index contributed by atoms with van der Waals surface area (Å²) in [5.41, 5.74) is 3.78. The van der Waals surface area contributed by atoms with Crippen molar-refractivity contribution in [3.05, 3.63) is 106 Å². The molecule has 0 aliphatic carbocycles. The van der Waals surface area contributed by atoms with E-state index in [-0.39, 0.29) is 11.8 Å². The summed E-state index contributed by atoms with van der Waals surface area (Å²) in [5.74, 6) is -0.218. The summed E-state index contributed by atoms with van der Waals surface area (Å²) in [6, 6.07) is 24.7. The minimum absolute atomic E-state index is 0.0449. The molecule has 0 spiro atoms. The van der Waals surface area contributed by atoms with Gasteiger partial charge in [0, 0.05) is 30.1 Å². The van der Waals surface area contributed by atoms with Crippen LogP contribution in [0.3, 0.4) is 0 Å². The molecule has 0 unspecified atom stereocenters. The van der Waals surface area contributed by atoms with Crippen molar-refractivity contribution < 1.29 is 14.3 Å². The van der Waals surface area contributed by atoms with Gasteiger partial charge in [0.05, 0.1) is 13.2 Å². The Bertz CT molecular complexity index is 1010. The summed E-state index contributed by atoms with van der Waals surface area (Å²) >= 11 is 5.82. The molecule has 0 atom stereocenters. The number of carbonyl (C=O) groups excluding carboxylic acids is 2. The molecule has 0 fully saturated rings. The molecule has 0 saturated carbocycles. The third-order valence-corrected chi connectivity index (χ3v) is 5.09. The van der Waals surface area contributed by atoms with Gasteiger partial charge >= 0.3 is 0 Å². The maximum atomic E-state index is 12.1. The maximum Gasteiger partial charge on any atom is 0.251 e. The molecule has 3 aromatic rings. The molecule has 6 heteroatoms. The van der Waals surface area contributed by atoms with Gasteiger partial charge in [-0.3, -0.25) is 9.59 Å². The number of nitrogens with one attached hydrogen (secondary N) is 2. The van der Waals surface area contributed by atoms with Crippen LogP contribution in [0.4, 0.5) is 0 Å². The van der Waals surface area contributed by atoms with Crippen molar-refractivity contribution >= 4 is 23.4 Å². The zero-order chi connectivity index (χ0) is 22.6. The molecule has 0 bridgehead atoms. The van der Waals surface area contributed by atoms with Crippen molar-refractivity contribution in [2.75, 3.05) is 6.54 Å². The number of hydrogen-bond donors (Lipinski definition) is 2. The molecule has 166 valence electrons. The van der Waals surface area contributed by atoms with Crippen molar-refractivity contribution in [1.82, 2.24) is 10.6 Å². The molecule has 0 radical (unpaired) electrons. The Balaban J connectivity index is 1.32. The standard InChI is InChI=1S/C26H27ClN2O3/c27-24-13-11-23(12-14-24)26(31)28-15-5-10-25(30)29-17-21-8-4-9-22(16-21)19-32-18-20-6-2-1-3-7-20/h1-4,6-9,11-14,16H,5,10,15,17-19H2,(H,28,31)(H,29,30). The Kier molecular flexibility index (Phi) is 9.29. The van der Waals surface area contributed by atoms with Crippen LogP contribution < -0.4 is 10.6 Å². The van der Waals surface area contributed by atoms with Gasteiger partial charge in [0.15, 0.2) is 0 Å². The monoisotopic (exact) mass is 450 g/mol. The van der Waals surface area contributed by atoms with E-state index < -0.39 is 0 Å². The molecule has 0 aliphatic rings. The molecule has 2 amide bonds. The van der Waals surface area contributed by atoms with Gasteiger partial charge in [-0.25, -0.2) is 0 Å². The Morgan fingerprint density at radius 1 is 0.781 bits per heavy atom. The highest BCUT2D eigenvalue weighted by molar-refractivity contribution is 6.30. The fourth-order valence-electron chi connectivity index (χ4n) is 3.13. The number of hydrogen-bond acceptors (Lipinski definition) is 3. The van der Waals surface area contributed by atoms with Crippen molar-refractivity contribution in [1.29, 1.82) is 0 Å². The van der Waals surface area contributed by atoms with E-state index in [1.165, 1.54) is 0 Å². The average Bonchev–Trinajstić information content (AvgIpc) is 2.82. The zero-order valence-electron chi connectivity index (χ0n) is 17.9. The minimum atomic E-state index is -0.173. The fourth-order valence-corrected chi connectivity index (χ4v) is 3.26. The van der Waals surface area contributed by atoms with Gasteiger partial charge in [0.25, 0.3) is 5.91 Å². The summed E-state index contributed by atoms with van der Waals surface area (Å²) in [7, 11) is 0. The van der Waals surface area contributed by atoms with Gasteiger partial charge in [0.2, 0.25) is 5.91 Å². The smallest absolute Gasteiger partial charge is 0.251 e. The molecule has 5 nitrogen and oxygen atoms in total. The summed E-state index contributed by atoms with van der Waals surface area (Å²) in [4.78, 5) is 24.2. The third-order valence-electron chi connectivity index (χ3n) is 4.83. The van der Waals surface area contributed by atoms with Crippen molar-refractivity contribution in [2.45, 2.75) is 32.6 Å². The maximum absolute atomic E-state index is 12.1. The average molecular weight is 451 g/mol. The summed E-state index contributed by atoms with van der Waals surface area (Å²) in [6.45, 7) is 1.98. The van der Waals surface area contributed by atoms with E-state index in [2.05, 4.69) is 10.6 Å². The predicted octanol–water partition coefficient (Wildman–Crippen LogP) is 4.88. The van der Waals surface area contributed by atoms with Crippen molar-refractivity contribution in [2.24, 2.45) is 0 Å². The molecule has 0 saturated heterocycles. The molecule has 0 aliphatic heterocycles.